The van der Waals surface area contributed by atoms with Crippen LogP contribution in [0.3, 0.4) is 0 Å². The number of hydrogen-bond acceptors (Lipinski definition) is 5. The normalized spacial score (nSPS) is 11.2. The number of anilines is 1. The lowest BCUT2D eigenvalue weighted by atomic mass is 10.2. The van der Waals surface area contributed by atoms with Crippen LogP contribution in [0, 0.1) is 0 Å². The van der Waals surface area contributed by atoms with E-state index in [1.165, 1.54) is 0 Å². The summed E-state index contributed by atoms with van der Waals surface area (Å²) in [7, 11) is 0. The van der Waals surface area contributed by atoms with Crippen molar-refractivity contribution in [2.75, 3.05) is 5.73 Å². The first kappa shape index (κ1) is 15.0. The Kier molecular flexibility index (Phi) is 3.63. The van der Waals surface area contributed by atoms with Crippen LogP contribution >= 0.6 is 23.2 Å². The van der Waals surface area contributed by atoms with Crippen LogP contribution in [0.1, 0.15) is 5.56 Å². The van der Waals surface area contributed by atoms with Crippen molar-refractivity contribution in [2.45, 2.75) is 6.54 Å². The van der Waals surface area contributed by atoms with Crippen LogP contribution in [-0.2, 0) is 6.54 Å². The summed E-state index contributed by atoms with van der Waals surface area (Å²) in [5, 5.41) is 8.53. The first-order valence-corrected chi connectivity index (χ1v) is 7.86. The van der Waals surface area contributed by atoms with Gasteiger partial charge in [-0.25, -0.2) is 9.61 Å². The number of aromatic nitrogens is 4. The maximum absolute atomic E-state index is 6.12. The van der Waals surface area contributed by atoms with E-state index in [2.05, 4.69) is 15.3 Å². The summed E-state index contributed by atoms with van der Waals surface area (Å²) in [5.41, 5.74) is 9.00. The van der Waals surface area contributed by atoms with Crippen molar-refractivity contribution < 1.29 is 4.63 Å². The van der Waals surface area contributed by atoms with Crippen molar-refractivity contribution in [1.29, 1.82) is 0 Å². The molecule has 8 heteroatoms. The highest BCUT2D eigenvalue weighted by atomic mass is 35.5. The smallest absolute Gasteiger partial charge is 0.199 e. The van der Waals surface area contributed by atoms with Crippen molar-refractivity contribution in [2.24, 2.45) is 0 Å². The van der Waals surface area contributed by atoms with E-state index in [-0.39, 0.29) is 5.82 Å². The summed E-state index contributed by atoms with van der Waals surface area (Å²) in [6.07, 6.45) is 0. The molecule has 0 fully saturated rings. The third-order valence-corrected chi connectivity index (χ3v) is 4.44. The molecule has 2 N–H and O–H groups in total. The fraction of sp³-hybridized carbons (Fsp3) is 0.0625. The molecular weight excluding hydrogens is 349 g/mol. The van der Waals surface area contributed by atoms with Crippen LogP contribution in [0.25, 0.3) is 22.6 Å². The third kappa shape index (κ3) is 2.50. The number of para-hydroxylation sites is 2. The molecule has 0 amide bonds. The second-order valence-corrected chi connectivity index (χ2v) is 6.07. The zero-order chi connectivity index (χ0) is 16.7. The molecule has 0 unspecified atom stereocenters. The minimum atomic E-state index is 0.195. The zero-order valence-corrected chi connectivity index (χ0v) is 13.8. The van der Waals surface area contributed by atoms with E-state index in [9.17, 15) is 0 Å². The van der Waals surface area contributed by atoms with Crippen molar-refractivity contribution in [3.63, 3.8) is 0 Å². The number of hydrogen-bond donors (Lipinski definition) is 1. The van der Waals surface area contributed by atoms with Gasteiger partial charge < -0.3 is 10.3 Å². The van der Waals surface area contributed by atoms with Gasteiger partial charge in [-0.2, -0.15) is 0 Å². The average molecular weight is 360 g/mol. The molecule has 0 spiro atoms. The topological polar surface area (TPSA) is 82.8 Å². The highest BCUT2D eigenvalue weighted by molar-refractivity contribution is 6.42. The zero-order valence-electron chi connectivity index (χ0n) is 12.3. The lowest BCUT2D eigenvalue weighted by Crippen LogP contribution is -2.03. The summed E-state index contributed by atoms with van der Waals surface area (Å²) in [6, 6.07) is 13.3. The summed E-state index contributed by atoms with van der Waals surface area (Å²) in [5.74, 6) is 0.779. The molecule has 2 aromatic carbocycles. The van der Waals surface area contributed by atoms with E-state index in [1.807, 2.05) is 41.0 Å². The van der Waals surface area contributed by atoms with E-state index in [0.29, 0.717) is 28.1 Å². The molecule has 0 aliphatic carbocycles. The second-order valence-electron chi connectivity index (χ2n) is 5.26. The van der Waals surface area contributed by atoms with Gasteiger partial charge in [0.05, 0.1) is 21.1 Å². The SMILES string of the molecule is Nc1nonc1-c1nc2ccccc2n1Cc1ccc(Cl)c(Cl)c1. The van der Waals surface area contributed by atoms with Gasteiger partial charge in [-0.1, -0.05) is 41.4 Å². The van der Waals surface area contributed by atoms with Gasteiger partial charge in [0.2, 0.25) is 0 Å². The molecule has 4 rings (SSSR count). The maximum Gasteiger partial charge on any atom is 0.199 e. The van der Waals surface area contributed by atoms with Crippen LogP contribution in [0.4, 0.5) is 5.82 Å². The van der Waals surface area contributed by atoms with Gasteiger partial charge in [0.25, 0.3) is 0 Å². The molecule has 0 saturated carbocycles. The highest BCUT2D eigenvalue weighted by Gasteiger charge is 2.19. The number of imidazole rings is 1. The second kappa shape index (κ2) is 5.81. The van der Waals surface area contributed by atoms with Gasteiger partial charge >= 0.3 is 0 Å². The van der Waals surface area contributed by atoms with E-state index in [1.54, 1.807) is 6.07 Å². The Morgan fingerprint density at radius 2 is 1.88 bits per heavy atom. The molecule has 0 aliphatic heterocycles. The van der Waals surface area contributed by atoms with Gasteiger partial charge in [0.1, 0.15) is 0 Å². The largest absolute Gasteiger partial charge is 0.379 e. The van der Waals surface area contributed by atoms with Crippen molar-refractivity contribution in [3.05, 3.63) is 58.1 Å². The average Bonchev–Trinajstić information content (AvgIpc) is 3.15. The Hall–Kier alpha value is -2.57. The number of benzene rings is 2. The molecule has 2 aromatic heterocycles. The molecule has 4 aromatic rings. The van der Waals surface area contributed by atoms with Crippen LogP contribution < -0.4 is 5.73 Å². The Morgan fingerprint density at radius 1 is 1.04 bits per heavy atom. The molecule has 0 bridgehead atoms. The monoisotopic (exact) mass is 359 g/mol. The lowest BCUT2D eigenvalue weighted by Gasteiger charge is -2.09. The number of rotatable bonds is 3. The summed E-state index contributed by atoms with van der Waals surface area (Å²) in [4.78, 5) is 4.61. The predicted octanol–water partition coefficient (Wildman–Crippen LogP) is 4.02. The van der Waals surface area contributed by atoms with E-state index in [0.717, 1.165) is 16.6 Å². The number of fused-ring (bicyclic) bond motifs is 1. The molecule has 120 valence electrons. The minimum Gasteiger partial charge on any atom is -0.379 e. The molecule has 0 aliphatic rings. The number of nitrogen functional groups attached to an aromatic ring is 1. The maximum atomic E-state index is 6.12. The number of nitrogens with two attached hydrogens (primary N) is 1. The van der Waals surface area contributed by atoms with Gasteiger partial charge in [-0.05, 0) is 40.1 Å². The first-order valence-electron chi connectivity index (χ1n) is 7.11. The fourth-order valence-corrected chi connectivity index (χ4v) is 2.91. The molecule has 2 heterocycles. The fourth-order valence-electron chi connectivity index (χ4n) is 2.59. The van der Waals surface area contributed by atoms with E-state index < -0.39 is 0 Å². The Balaban J connectivity index is 1.89. The quantitative estimate of drug-likeness (QED) is 0.597. The van der Waals surface area contributed by atoms with Crippen LogP contribution in [0.15, 0.2) is 47.1 Å². The van der Waals surface area contributed by atoms with Crippen LogP contribution in [-0.4, -0.2) is 19.9 Å². The van der Waals surface area contributed by atoms with Crippen LogP contribution in [0.2, 0.25) is 10.0 Å². The molecule has 24 heavy (non-hydrogen) atoms. The molecule has 0 atom stereocenters. The summed E-state index contributed by atoms with van der Waals surface area (Å²) < 4.78 is 6.71. The third-order valence-electron chi connectivity index (χ3n) is 3.70. The molecule has 0 radical (unpaired) electrons. The standard InChI is InChI=1S/C16H11Cl2N5O/c17-10-6-5-9(7-11(10)18)8-23-13-4-2-1-3-12(13)20-16(23)14-15(19)22-24-21-14/h1-7H,8H2,(H2,19,22). The van der Waals surface area contributed by atoms with Crippen molar-refractivity contribution >= 4 is 40.1 Å². The molecule has 6 nitrogen and oxygen atoms in total. The molecular formula is C16H11Cl2N5O. The van der Waals surface area contributed by atoms with Gasteiger partial charge in [0.15, 0.2) is 17.3 Å². The number of halogens is 2. The Labute approximate surface area is 146 Å². The number of nitrogens with zero attached hydrogens (tertiary/aromatic N) is 4. The predicted molar refractivity (Wildman–Crippen MR) is 93.0 cm³/mol. The summed E-state index contributed by atoms with van der Waals surface area (Å²) >= 11 is 12.1. The van der Waals surface area contributed by atoms with Crippen molar-refractivity contribution in [3.8, 4) is 11.5 Å². The minimum absolute atomic E-state index is 0.195. The highest BCUT2D eigenvalue weighted by Crippen LogP contribution is 2.29. The van der Waals surface area contributed by atoms with Crippen LogP contribution in [0.5, 0.6) is 0 Å². The Bertz CT molecular complexity index is 1040. The van der Waals surface area contributed by atoms with Gasteiger partial charge in [-0.3, -0.25) is 0 Å². The van der Waals surface area contributed by atoms with Gasteiger partial charge in [0, 0.05) is 6.54 Å². The molecule has 0 saturated heterocycles. The van der Waals surface area contributed by atoms with E-state index >= 15 is 0 Å². The Morgan fingerprint density at radius 3 is 2.62 bits per heavy atom. The summed E-state index contributed by atoms with van der Waals surface area (Å²) in [6.45, 7) is 0.527. The van der Waals surface area contributed by atoms with Crippen molar-refractivity contribution in [1.82, 2.24) is 19.9 Å². The first-order chi connectivity index (χ1) is 11.6. The van der Waals surface area contributed by atoms with Gasteiger partial charge in [-0.15, -0.1) is 0 Å². The lowest BCUT2D eigenvalue weighted by molar-refractivity contribution is 0.310. The van der Waals surface area contributed by atoms with E-state index in [4.69, 9.17) is 33.6 Å².